The van der Waals surface area contributed by atoms with Crippen molar-refractivity contribution in [1.82, 2.24) is 30.5 Å². The lowest BCUT2D eigenvalue weighted by Gasteiger charge is -2.27. The number of nitrogens with zero attached hydrogens (tertiary/aromatic N) is 4. The Morgan fingerprint density at radius 3 is 2.28 bits per heavy atom. The Morgan fingerprint density at radius 2 is 1.65 bits per heavy atom. The topological polar surface area (TPSA) is 173 Å². The molecule has 0 aliphatic heterocycles. The predicted molar refractivity (Wildman–Crippen MR) is 155 cm³/mol. The molecule has 3 aromatic rings. The van der Waals surface area contributed by atoms with E-state index < -0.39 is 35.7 Å². The van der Waals surface area contributed by atoms with Crippen LogP contribution in [0.15, 0.2) is 67.1 Å². The van der Waals surface area contributed by atoms with Gasteiger partial charge in [-0.3, -0.25) is 19.7 Å². The summed E-state index contributed by atoms with van der Waals surface area (Å²) in [6.45, 7) is 5.77. The maximum atomic E-state index is 12.8. The van der Waals surface area contributed by atoms with Crippen molar-refractivity contribution < 1.29 is 33.8 Å². The van der Waals surface area contributed by atoms with Gasteiger partial charge >= 0.3 is 18.2 Å². The molecule has 0 spiro atoms. The molecule has 0 aliphatic carbocycles. The summed E-state index contributed by atoms with van der Waals surface area (Å²) < 4.78 is 10.6. The van der Waals surface area contributed by atoms with Gasteiger partial charge in [-0.25, -0.2) is 19.4 Å². The van der Waals surface area contributed by atoms with Gasteiger partial charge in [-0.1, -0.05) is 36.4 Å². The Hall–Kier alpha value is -5.07. The highest BCUT2D eigenvalue weighted by atomic mass is 16.6. The number of carbonyl (C=O) groups is 4. The zero-order chi connectivity index (χ0) is 31.2. The fraction of sp³-hybridized carbons (Fsp3) is 0.367. The molecule has 0 fully saturated rings. The van der Waals surface area contributed by atoms with Gasteiger partial charge < -0.3 is 25.2 Å². The van der Waals surface area contributed by atoms with Gasteiger partial charge in [0.05, 0.1) is 36.9 Å². The fourth-order valence-electron chi connectivity index (χ4n) is 3.71. The van der Waals surface area contributed by atoms with Crippen molar-refractivity contribution >= 4 is 24.1 Å². The number of alkyl carbamates (subject to hydrolysis) is 1. The molecule has 13 heteroatoms. The minimum atomic E-state index is -1.23. The first-order valence-electron chi connectivity index (χ1n) is 13.7. The van der Waals surface area contributed by atoms with E-state index >= 15 is 0 Å². The number of carboxylic acids is 1. The molecular weight excluding hydrogens is 556 g/mol. The number of hydrogen-bond acceptors (Lipinski definition) is 9. The van der Waals surface area contributed by atoms with Gasteiger partial charge in [0, 0.05) is 12.7 Å². The zero-order valence-corrected chi connectivity index (χ0v) is 24.4. The number of carboxylic acid groups (broad SMARTS) is 1. The van der Waals surface area contributed by atoms with Crippen molar-refractivity contribution in [3.8, 4) is 0 Å². The summed E-state index contributed by atoms with van der Waals surface area (Å²) in [5.41, 5.74) is 1.07. The van der Waals surface area contributed by atoms with Crippen LogP contribution in [-0.4, -0.2) is 67.2 Å². The third kappa shape index (κ3) is 11.7. The van der Waals surface area contributed by atoms with Crippen molar-refractivity contribution in [2.24, 2.45) is 0 Å². The van der Waals surface area contributed by atoms with Crippen LogP contribution in [0.4, 0.5) is 9.59 Å². The maximum Gasteiger partial charge on any atom is 0.410 e. The zero-order valence-electron chi connectivity index (χ0n) is 24.4. The van der Waals surface area contributed by atoms with Crippen molar-refractivity contribution in [2.75, 3.05) is 6.54 Å². The number of carbonyl (C=O) groups excluding carboxylic acids is 3. The lowest BCUT2D eigenvalue weighted by atomic mass is 10.1. The highest BCUT2D eigenvalue weighted by Gasteiger charge is 2.24. The average molecular weight is 593 g/mol. The van der Waals surface area contributed by atoms with Gasteiger partial charge in [-0.05, 0) is 51.3 Å². The van der Waals surface area contributed by atoms with Crippen LogP contribution in [0.1, 0.15) is 61.1 Å². The Morgan fingerprint density at radius 1 is 0.930 bits per heavy atom. The van der Waals surface area contributed by atoms with E-state index in [-0.39, 0.29) is 44.8 Å². The number of aromatic nitrogens is 3. The smallest absolute Gasteiger partial charge is 0.410 e. The Bertz CT molecular complexity index is 1350. The number of ether oxygens (including phenoxy) is 2. The molecule has 228 valence electrons. The molecule has 1 aromatic carbocycles. The van der Waals surface area contributed by atoms with Crippen molar-refractivity contribution in [1.29, 1.82) is 0 Å². The van der Waals surface area contributed by atoms with Gasteiger partial charge in [-0.15, -0.1) is 0 Å². The first kappa shape index (κ1) is 32.4. The lowest BCUT2D eigenvalue weighted by molar-refractivity contribution is -0.139. The number of benzene rings is 1. The van der Waals surface area contributed by atoms with Gasteiger partial charge in [0.1, 0.15) is 23.9 Å². The molecule has 43 heavy (non-hydrogen) atoms. The normalized spacial score (nSPS) is 11.6. The molecular formula is C30H36N6O7. The number of aliphatic carboxylic acids is 1. The molecule has 2 aromatic heterocycles. The summed E-state index contributed by atoms with van der Waals surface area (Å²) >= 11 is 0. The number of hydrogen-bond donors (Lipinski definition) is 3. The van der Waals surface area contributed by atoms with E-state index in [0.29, 0.717) is 11.4 Å². The summed E-state index contributed by atoms with van der Waals surface area (Å²) in [5.74, 6) is -1.95. The van der Waals surface area contributed by atoms with E-state index in [0.717, 1.165) is 5.56 Å². The van der Waals surface area contributed by atoms with Gasteiger partial charge in [0.15, 0.2) is 0 Å². The van der Waals surface area contributed by atoms with E-state index in [1.54, 1.807) is 39.1 Å². The van der Waals surface area contributed by atoms with Crippen molar-refractivity contribution in [3.63, 3.8) is 0 Å². The second-order valence-electron chi connectivity index (χ2n) is 10.5. The van der Waals surface area contributed by atoms with Crippen LogP contribution in [-0.2, 0) is 34.0 Å². The third-order valence-corrected chi connectivity index (χ3v) is 5.78. The highest BCUT2D eigenvalue weighted by Crippen LogP contribution is 2.14. The van der Waals surface area contributed by atoms with Gasteiger partial charge in [0.25, 0.3) is 5.91 Å². The lowest BCUT2D eigenvalue weighted by Crippen LogP contribution is -2.41. The SMILES string of the molecule is CC(C)(C)OC(=O)N(Cc1ccccn1)Cc1cnc(C(=O)N[C@@H](CCCNC(=O)OCc2ccccc2)C(=O)O)cn1. The largest absolute Gasteiger partial charge is 0.480 e. The minimum absolute atomic E-state index is 0.0406. The highest BCUT2D eigenvalue weighted by molar-refractivity contribution is 5.94. The molecule has 1 atom stereocenters. The predicted octanol–water partition coefficient (Wildman–Crippen LogP) is 3.70. The Labute approximate surface area is 249 Å². The number of nitrogens with one attached hydrogen (secondary N) is 2. The van der Waals surface area contributed by atoms with E-state index in [2.05, 4.69) is 25.6 Å². The van der Waals surface area contributed by atoms with Crippen LogP contribution in [0.3, 0.4) is 0 Å². The summed E-state index contributed by atoms with van der Waals surface area (Å²) in [6, 6.07) is 13.3. The van der Waals surface area contributed by atoms with E-state index in [9.17, 15) is 24.3 Å². The molecule has 2 heterocycles. The summed E-state index contributed by atoms with van der Waals surface area (Å²) in [4.78, 5) is 63.2. The number of rotatable bonds is 13. The molecule has 0 unspecified atom stereocenters. The van der Waals surface area contributed by atoms with Crippen LogP contribution < -0.4 is 10.6 Å². The average Bonchev–Trinajstić information content (AvgIpc) is 2.97. The monoisotopic (exact) mass is 592 g/mol. The van der Waals surface area contributed by atoms with Crippen LogP contribution in [0.5, 0.6) is 0 Å². The first-order chi connectivity index (χ1) is 20.5. The van der Waals surface area contributed by atoms with Crippen molar-refractivity contribution in [2.45, 2.75) is 65.0 Å². The molecule has 3 amide bonds. The second kappa shape index (κ2) is 15.8. The summed E-state index contributed by atoms with van der Waals surface area (Å²) in [5, 5.41) is 14.6. The maximum absolute atomic E-state index is 12.8. The van der Waals surface area contributed by atoms with E-state index in [4.69, 9.17) is 9.47 Å². The molecule has 0 saturated heterocycles. The van der Waals surface area contributed by atoms with Gasteiger partial charge in [0.2, 0.25) is 0 Å². The molecule has 3 rings (SSSR count). The van der Waals surface area contributed by atoms with Crippen molar-refractivity contribution in [3.05, 3.63) is 89.8 Å². The standard InChI is InChI=1S/C30H36N6O7/c1-30(2,3)43-29(41)36(18-22-12-7-8-14-31-22)19-23-16-34-25(17-33-23)26(37)35-24(27(38)39)13-9-15-32-28(40)42-20-21-10-5-4-6-11-21/h4-8,10-12,14,16-17,24H,9,13,15,18-20H2,1-3H3,(H,32,40)(H,35,37)(H,38,39)/t24-/m0/s1. The number of amides is 3. The minimum Gasteiger partial charge on any atom is -0.480 e. The Kier molecular flexibility index (Phi) is 11.9. The van der Waals surface area contributed by atoms with Crippen LogP contribution in [0.2, 0.25) is 0 Å². The third-order valence-electron chi connectivity index (χ3n) is 5.78. The first-order valence-corrected chi connectivity index (χ1v) is 13.7. The van der Waals surface area contributed by atoms with Gasteiger partial charge in [-0.2, -0.15) is 0 Å². The second-order valence-corrected chi connectivity index (χ2v) is 10.5. The van der Waals surface area contributed by atoms with Crippen LogP contribution in [0, 0.1) is 0 Å². The molecule has 0 radical (unpaired) electrons. The molecule has 3 N–H and O–H groups in total. The molecule has 0 aliphatic rings. The Balaban J connectivity index is 1.51. The quantitative estimate of drug-likeness (QED) is 0.248. The summed E-state index contributed by atoms with van der Waals surface area (Å²) in [7, 11) is 0. The van der Waals surface area contributed by atoms with Crippen LogP contribution >= 0.6 is 0 Å². The number of pyridine rings is 1. The van der Waals surface area contributed by atoms with E-state index in [1.165, 1.54) is 17.3 Å². The fourth-order valence-corrected chi connectivity index (χ4v) is 3.71. The molecule has 0 bridgehead atoms. The summed E-state index contributed by atoms with van der Waals surface area (Å²) in [6.07, 6.45) is 3.32. The molecule has 0 saturated carbocycles. The van der Waals surface area contributed by atoms with E-state index in [1.807, 2.05) is 36.4 Å². The molecule has 13 nitrogen and oxygen atoms in total. The van der Waals surface area contributed by atoms with Crippen LogP contribution in [0.25, 0.3) is 0 Å².